The van der Waals surface area contributed by atoms with E-state index in [-0.39, 0.29) is 0 Å². The fourth-order valence-electron chi connectivity index (χ4n) is 0.144. The Morgan fingerprint density at radius 3 is 0.917 bits per heavy atom. The van der Waals surface area contributed by atoms with Crippen LogP contribution < -0.4 is 0 Å². The van der Waals surface area contributed by atoms with Crippen LogP contribution in [0.1, 0.15) is 0 Å². The van der Waals surface area contributed by atoms with Crippen molar-refractivity contribution in [1.82, 2.24) is 0 Å². The Bertz CT molecular complexity index is 160. The number of rotatable bonds is 0. The van der Waals surface area contributed by atoms with Crippen molar-refractivity contribution in [2.45, 2.75) is 11.8 Å². The Hall–Kier alpha value is -0.0600. The first-order valence-electron chi connectivity index (χ1n) is 2.64. The number of hydrogen-bond acceptors (Lipinski definition) is 0. The van der Waals surface area contributed by atoms with E-state index in [9.17, 15) is 30.5 Å². The zero-order valence-corrected chi connectivity index (χ0v) is 6.99. The Balaban J connectivity index is 5.29. The van der Waals surface area contributed by atoms with Crippen LogP contribution in [0.25, 0.3) is 0 Å². The molecule has 0 aliphatic carbocycles. The summed E-state index contributed by atoms with van der Waals surface area (Å²) in [5.41, 5.74) is 0. The fourth-order valence-corrected chi connectivity index (χ4v) is 0.431. The second kappa shape index (κ2) is 2.25. The van der Waals surface area contributed by atoms with Gasteiger partial charge in [0, 0.05) is 0 Å². The van der Waals surface area contributed by atoms with Crippen molar-refractivity contribution in [3.63, 3.8) is 0 Å². The maximum absolute atomic E-state index is 12.7. The number of halogens is 7. The average molecular weight is 218 g/mol. The minimum absolute atomic E-state index is 0.411. The van der Waals surface area contributed by atoms with Gasteiger partial charge in [0.1, 0.15) is 0 Å². The van der Waals surface area contributed by atoms with Crippen LogP contribution in [0.15, 0.2) is 0 Å². The predicted octanol–water partition coefficient (Wildman–Crippen LogP) is 3.72. The molecule has 0 fully saturated rings. The molecule has 0 spiro atoms. The molecule has 0 rings (SSSR count). The van der Waals surface area contributed by atoms with E-state index >= 15 is 0 Å². The fraction of sp³-hybridized carbons (Fsp3) is 1.00. The van der Waals surface area contributed by atoms with Gasteiger partial charge < -0.3 is 0 Å². The number of alkyl halides is 6. The Morgan fingerprint density at radius 2 is 0.917 bits per heavy atom. The van der Waals surface area contributed by atoms with E-state index in [1.165, 1.54) is 0 Å². The second-order valence-corrected chi connectivity index (χ2v) is 7.83. The van der Waals surface area contributed by atoms with Crippen molar-refractivity contribution in [1.29, 1.82) is 0 Å². The minimum atomic E-state index is -7.08. The van der Waals surface area contributed by atoms with Gasteiger partial charge in [-0.15, -0.1) is 0 Å². The third-order valence-corrected chi connectivity index (χ3v) is 4.38. The molecule has 0 amide bonds. The van der Waals surface area contributed by atoms with Crippen LogP contribution in [0, 0.1) is 0 Å². The molecule has 0 aromatic heterocycles. The van der Waals surface area contributed by atoms with Gasteiger partial charge in [-0.3, -0.25) is 0 Å². The van der Waals surface area contributed by atoms with Gasteiger partial charge in [0.15, 0.2) is 0 Å². The zero-order chi connectivity index (χ0) is 10.4. The standard InChI is InChI=1S/C4H6F7P/c1-12(2,11,3(5,6)7)4(8,9)10/h1-2H3. The summed E-state index contributed by atoms with van der Waals surface area (Å²) in [5, 5.41) is 0. The van der Waals surface area contributed by atoms with Crippen molar-refractivity contribution in [2.24, 2.45) is 0 Å². The van der Waals surface area contributed by atoms with Gasteiger partial charge in [0.25, 0.3) is 0 Å². The van der Waals surface area contributed by atoms with Crippen molar-refractivity contribution in [3.05, 3.63) is 0 Å². The van der Waals surface area contributed by atoms with E-state index in [0.29, 0.717) is 0 Å². The van der Waals surface area contributed by atoms with Gasteiger partial charge >= 0.3 is 62.6 Å². The van der Waals surface area contributed by atoms with Gasteiger partial charge in [0.05, 0.1) is 0 Å². The number of hydrogen-bond donors (Lipinski definition) is 0. The SMILES string of the molecule is CP(C)(F)(C(F)(F)F)C(F)(F)F. The van der Waals surface area contributed by atoms with Crippen LogP contribution in [0.4, 0.5) is 30.5 Å². The molecule has 0 nitrogen and oxygen atoms in total. The third-order valence-electron chi connectivity index (χ3n) is 1.46. The molecule has 0 aromatic carbocycles. The maximum atomic E-state index is 12.7. The van der Waals surface area contributed by atoms with E-state index < -0.39 is 32.1 Å². The van der Waals surface area contributed by atoms with Gasteiger partial charge in [-0.2, -0.15) is 0 Å². The topological polar surface area (TPSA) is 0 Å². The summed E-state index contributed by atoms with van der Waals surface area (Å²) >= 11 is 0. The van der Waals surface area contributed by atoms with Crippen LogP contribution in [0.3, 0.4) is 0 Å². The van der Waals surface area contributed by atoms with Crippen molar-refractivity contribution in [2.75, 3.05) is 13.3 Å². The molecule has 0 aliphatic heterocycles. The molecular formula is C4H6F7P. The normalized spacial score (nSPS) is 18.6. The van der Waals surface area contributed by atoms with E-state index in [0.717, 1.165) is 0 Å². The molecule has 0 N–H and O–H groups in total. The first kappa shape index (κ1) is 11.9. The molecule has 12 heavy (non-hydrogen) atoms. The molecule has 0 bridgehead atoms. The van der Waals surface area contributed by atoms with Crippen LogP contribution in [0.5, 0.6) is 0 Å². The first-order valence-corrected chi connectivity index (χ1v) is 5.67. The van der Waals surface area contributed by atoms with Crippen molar-refractivity contribution < 1.29 is 30.5 Å². The van der Waals surface area contributed by atoms with Crippen LogP contribution in [-0.4, -0.2) is 25.2 Å². The average Bonchev–Trinajstić information content (AvgIpc) is 1.55. The van der Waals surface area contributed by atoms with Crippen molar-refractivity contribution >= 4 is 6.91 Å². The van der Waals surface area contributed by atoms with Crippen LogP contribution in [-0.2, 0) is 0 Å². The van der Waals surface area contributed by atoms with E-state index in [4.69, 9.17) is 0 Å². The first-order chi connectivity index (χ1) is 4.79. The monoisotopic (exact) mass is 218 g/mol. The molecule has 0 saturated heterocycles. The quantitative estimate of drug-likeness (QED) is 0.429. The Kier molecular flexibility index (Phi) is 2.23. The molecule has 0 aromatic rings. The molecule has 0 atom stereocenters. The predicted molar refractivity (Wildman–Crippen MR) is 32.0 cm³/mol. The van der Waals surface area contributed by atoms with Gasteiger partial charge in [0.2, 0.25) is 0 Å². The Morgan fingerprint density at radius 1 is 0.750 bits per heavy atom. The summed E-state index contributed by atoms with van der Waals surface area (Å²) in [4.78, 5) is 0. The molecule has 76 valence electrons. The summed E-state index contributed by atoms with van der Waals surface area (Å²) in [6, 6.07) is 0. The van der Waals surface area contributed by atoms with Crippen LogP contribution in [0.2, 0.25) is 0 Å². The zero-order valence-electron chi connectivity index (χ0n) is 6.09. The Labute approximate surface area is 63.8 Å². The molecule has 0 radical (unpaired) electrons. The summed E-state index contributed by atoms with van der Waals surface area (Å²) in [7, 11) is 0. The van der Waals surface area contributed by atoms with E-state index in [1.807, 2.05) is 0 Å². The van der Waals surface area contributed by atoms with E-state index in [2.05, 4.69) is 0 Å². The van der Waals surface area contributed by atoms with Gasteiger partial charge in [-0.05, 0) is 0 Å². The molecule has 8 heteroatoms. The summed E-state index contributed by atoms with van der Waals surface area (Å²) in [6.45, 7) is -7.90. The van der Waals surface area contributed by atoms with Crippen molar-refractivity contribution in [3.8, 4) is 0 Å². The molecular weight excluding hydrogens is 212 g/mol. The molecule has 0 heterocycles. The van der Waals surface area contributed by atoms with Gasteiger partial charge in [-0.1, -0.05) is 0 Å². The summed E-state index contributed by atoms with van der Waals surface area (Å²) in [5.74, 6) is -11.7. The van der Waals surface area contributed by atoms with E-state index in [1.54, 1.807) is 0 Å². The van der Waals surface area contributed by atoms with Crippen LogP contribution >= 0.6 is 6.91 Å². The second-order valence-electron chi connectivity index (χ2n) is 2.90. The third kappa shape index (κ3) is 1.39. The summed E-state index contributed by atoms with van der Waals surface area (Å²) in [6.07, 6.45) is 0. The molecule has 0 unspecified atom stereocenters. The van der Waals surface area contributed by atoms with Gasteiger partial charge in [-0.25, -0.2) is 0 Å². The summed E-state index contributed by atoms with van der Waals surface area (Å²) < 4.78 is 82.7. The molecule has 0 saturated carbocycles. The molecule has 0 aliphatic rings.